The minimum atomic E-state index is -0.00796. The molecule has 2 heteroatoms. The average molecular weight is 286 g/mol. The van der Waals surface area contributed by atoms with Crippen LogP contribution in [0.4, 0.5) is 0 Å². The fourth-order valence-electron chi connectivity index (χ4n) is 2.24. The molecule has 0 radical (unpaired) electrons. The maximum atomic E-state index is 12.0. The number of ketones is 2. The van der Waals surface area contributed by atoms with Gasteiger partial charge in [0.15, 0.2) is 11.6 Å². The van der Waals surface area contributed by atoms with Crippen LogP contribution < -0.4 is 0 Å². The van der Waals surface area contributed by atoms with Crippen molar-refractivity contribution < 1.29 is 9.59 Å². The van der Waals surface area contributed by atoms with Crippen molar-refractivity contribution in [2.24, 2.45) is 0 Å². The second kappa shape index (κ2) is 8.56. The first kappa shape index (κ1) is 17.4. The summed E-state index contributed by atoms with van der Waals surface area (Å²) in [5.41, 5.74) is 3.85. The maximum Gasteiger partial charge on any atom is 0.182 e. The number of carbonyl (C=O) groups excluding carboxylic acids is 2. The SMILES string of the molecule is CCCC1=CC(=O)C(C/C=C(\C)CCC=C(C)C)=CC1=O. The third-order valence-corrected chi connectivity index (χ3v) is 3.52. The lowest BCUT2D eigenvalue weighted by Crippen LogP contribution is -2.12. The molecule has 1 rings (SSSR count). The quantitative estimate of drug-likeness (QED) is 0.494. The zero-order valence-corrected chi connectivity index (χ0v) is 13.7. The van der Waals surface area contributed by atoms with Crippen LogP contribution in [-0.4, -0.2) is 11.6 Å². The summed E-state index contributed by atoms with van der Waals surface area (Å²) >= 11 is 0. The summed E-state index contributed by atoms with van der Waals surface area (Å²) in [5, 5.41) is 0. The molecule has 0 fully saturated rings. The first-order chi connectivity index (χ1) is 9.93. The second-order valence-corrected chi connectivity index (χ2v) is 5.89. The number of hydrogen-bond donors (Lipinski definition) is 0. The third-order valence-electron chi connectivity index (χ3n) is 3.52. The Hall–Kier alpha value is -1.70. The normalized spacial score (nSPS) is 15.7. The van der Waals surface area contributed by atoms with E-state index in [1.165, 1.54) is 23.3 Å². The van der Waals surface area contributed by atoms with Gasteiger partial charge in [0.25, 0.3) is 0 Å². The van der Waals surface area contributed by atoms with Gasteiger partial charge in [0, 0.05) is 11.1 Å². The van der Waals surface area contributed by atoms with E-state index in [2.05, 4.69) is 32.9 Å². The molecule has 2 nitrogen and oxygen atoms in total. The lowest BCUT2D eigenvalue weighted by molar-refractivity contribution is -0.115. The fourth-order valence-corrected chi connectivity index (χ4v) is 2.24. The molecule has 0 saturated carbocycles. The van der Waals surface area contributed by atoms with E-state index in [0.717, 1.165) is 19.3 Å². The minimum absolute atomic E-state index is 0.00189. The van der Waals surface area contributed by atoms with Crippen LogP contribution in [0.1, 0.15) is 59.8 Å². The van der Waals surface area contributed by atoms with Crippen LogP contribution in [0.25, 0.3) is 0 Å². The molecule has 0 bridgehead atoms. The van der Waals surface area contributed by atoms with E-state index in [1.807, 2.05) is 6.92 Å². The third kappa shape index (κ3) is 6.07. The van der Waals surface area contributed by atoms with Crippen LogP contribution in [0, 0.1) is 0 Å². The number of rotatable bonds is 7. The lowest BCUT2D eigenvalue weighted by Gasteiger charge is -2.10. The first-order valence-electron chi connectivity index (χ1n) is 7.72. The largest absolute Gasteiger partial charge is 0.290 e. The molecule has 0 spiro atoms. The Bertz CT molecular complexity index is 524. The Labute approximate surface area is 128 Å². The molecule has 1 aliphatic carbocycles. The molecule has 0 N–H and O–H groups in total. The highest BCUT2D eigenvalue weighted by Gasteiger charge is 2.18. The molecule has 1 aliphatic rings. The summed E-state index contributed by atoms with van der Waals surface area (Å²) in [5.74, 6) is -0.00607. The van der Waals surface area contributed by atoms with E-state index in [-0.39, 0.29) is 11.6 Å². The van der Waals surface area contributed by atoms with E-state index < -0.39 is 0 Å². The van der Waals surface area contributed by atoms with Crippen molar-refractivity contribution >= 4 is 11.6 Å². The van der Waals surface area contributed by atoms with Crippen LogP contribution in [0.3, 0.4) is 0 Å². The van der Waals surface area contributed by atoms with Crippen molar-refractivity contribution in [2.75, 3.05) is 0 Å². The second-order valence-electron chi connectivity index (χ2n) is 5.89. The summed E-state index contributed by atoms with van der Waals surface area (Å²) in [4.78, 5) is 23.9. The van der Waals surface area contributed by atoms with Crippen LogP contribution in [0.5, 0.6) is 0 Å². The summed E-state index contributed by atoms with van der Waals surface area (Å²) < 4.78 is 0. The van der Waals surface area contributed by atoms with Gasteiger partial charge in [-0.1, -0.05) is 36.6 Å². The van der Waals surface area contributed by atoms with Crippen LogP contribution in [-0.2, 0) is 9.59 Å². The molecule has 0 aromatic carbocycles. The molecule has 0 atom stereocenters. The summed E-state index contributed by atoms with van der Waals surface area (Å²) in [6, 6.07) is 0. The maximum absolute atomic E-state index is 12.0. The minimum Gasteiger partial charge on any atom is -0.290 e. The van der Waals surface area contributed by atoms with Gasteiger partial charge in [0.2, 0.25) is 0 Å². The molecule has 0 heterocycles. The summed E-state index contributed by atoms with van der Waals surface area (Å²) in [7, 11) is 0. The van der Waals surface area contributed by atoms with Crippen LogP contribution in [0.15, 0.2) is 46.6 Å². The highest BCUT2D eigenvalue weighted by atomic mass is 16.1. The fraction of sp³-hybridized carbons (Fsp3) is 0.474. The molecule has 0 amide bonds. The van der Waals surface area contributed by atoms with E-state index >= 15 is 0 Å². The van der Waals surface area contributed by atoms with Gasteiger partial charge in [-0.25, -0.2) is 0 Å². The van der Waals surface area contributed by atoms with Gasteiger partial charge < -0.3 is 0 Å². The first-order valence-corrected chi connectivity index (χ1v) is 7.72. The molecule has 0 aromatic rings. The van der Waals surface area contributed by atoms with Gasteiger partial charge in [-0.05, 0) is 58.6 Å². The Morgan fingerprint density at radius 3 is 2.24 bits per heavy atom. The molecular weight excluding hydrogens is 260 g/mol. The van der Waals surface area contributed by atoms with Crippen molar-refractivity contribution in [3.05, 3.63) is 46.6 Å². The summed E-state index contributed by atoms with van der Waals surface area (Å²) in [6.07, 6.45) is 11.5. The zero-order valence-electron chi connectivity index (χ0n) is 13.7. The van der Waals surface area contributed by atoms with Gasteiger partial charge in [-0.2, -0.15) is 0 Å². The summed E-state index contributed by atoms with van der Waals surface area (Å²) in [6.45, 7) is 8.27. The van der Waals surface area contributed by atoms with E-state index in [9.17, 15) is 9.59 Å². The standard InChI is InChI=1S/C19H26O2/c1-5-7-16-12-19(21)17(13-18(16)20)11-10-15(4)9-6-8-14(2)3/h8,10,12-13H,5-7,9,11H2,1-4H3/b15-10+. The molecule has 0 unspecified atom stereocenters. The predicted octanol–water partition coefficient (Wildman–Crippen LogP) is 4.87. The highest BCUT2D eigenvalue weighted by Crippen LogP contribution is 2.19. The van der Waals surface area contributed by atoms with Crippen molar-refractivity contribution in [2.45, 2.75) is 59.8 Å². The molecular formula is C19H26O2. The highest BCUT2D eigenvalue weighted by molar-refractivity contribution is 6.20. The van der Waals surface area contributed by atoms with Gasteiger partial charge in [-0.15, -0.1) is 0 Å². The van der Waals surface area contributed by atoms with E-state index in [1.54, 1.807) is 0 Å². The Morgan fingerprint density at radius 1 is 1.00 bits per heavy atom. The Kier molecular flexibility index (Phi) is 7.07. The molecule has 0 saturated heterocycles. The van der Waals surface area contributed by atoms with Gasteiger partial charge >= 0.3 is 0 Å². The average Bonchev–Trinajstić information content (AvgIpc) is 2.41. The number of carbonyl (C=O) groups is 2. The molecule has 21 heavy (non-hydrogen) atoms. The molecule has 114 valence electrons. The Morgan fingerprint density at radius 2 is 1.62 bits per heavy atom. The number of hydrogen-bond acceptors (Lipinski definition) is 2. The monoisotopic (exact) mass is 286 g/mol. The van der Waals surface area contributed by atoms with E-state index in [4.69, 9.17) is 0 Å². The van der Waals surface area contributed by atoms with Crippen molar-refractivity contribution in [1.29, 1.82) is 0 Å². The van der Waals surface area contributed by atoms with Gasteiger partial charge in [0.05, 0.1) is 0 Å². The van der Waals surface area contributed by atoms with Crippen molar-refractivity contribution in [3.63, 3.8) is 0 Å². The molecule has 0 aromatic heterocycles. The van der Waals surface area contributed by atoms with Crippen LogP contribution >= 0.6 is 0 Å². The predicted molar refractivity (Wildman–Crippen MR) is 88.1 cm³/mol. The van der Waals surface area contributed by atoms with E-state index in [0.29, 0.717) is 24.0 Å². The van der Waals surface area contributed by atoms with Gasteiger partial charge in [-0.3, -0.25) is 9.59 Å². The lowest BCUT2D eigenvalue weighted by atomic mass is 9.92. The molecule has 0 aliphatic heterocycles. The topological polar surface area (TPSA) is 34.1 Å². The Balaban J connectivity index is 2.60. The van der Waals surface area contributed by atoms with Gasteiger partial charge in [0.1, 0.15) is 0 Å². The van der Waals surface area contributed by atoms with Crippen molar-refractivity contribution in [1.82, 2.24) is 0 Å². The van der Waals surface area contributed by atoms with Crippen LogP contribution in [0.2, 0.25) is 0 Å². The number of allylic oxidation sites excluding steroid dienone is 8. The zero-order chi connectivity index (χ0) is 15.8. The van der Waals surface area contributed by atoms with Crippen molar-refractivity contribution in [3.8, 4) is 0 Å². The smallest absolute Gasteiger partial charge is 0.182 e.